The van der Waals surface area contributed by atoms with Gasteiger partial charge in [-0.15, -0.1) is 0 Å². The second kappa shape index (κ2) is 4.80. The fraction of sp³-hybridized carbons (Fsp3) is 0.500. The number of hydrogen-bond acceptors (Lipinski definition) is 3. The van der Waals surface area contributed by atoms with Gasteiger partial charge in [0.1, 0.15) is 5.82 Å². The molecule has 16 heavy (non-hydrogen) atoms. The molecule has 1 aliphatic rings. The van der Waals surface area contributed by atoms with Gasteiger partial charge in [0.05, 0.1) is 13.2 Å². The lowest BCUT2D eigenvalue weighted by Gasteiger charge is -2.26. The van der Waals surface area contributed by atoms with Crippen LogP contribution < -0.4 is 4.90 Å². The van der Waals surface area contributed by atoms with Gasteiger partial charge in [0.15, 0.2) is 0 Å². The van der Waals surface area contributed by atoms with Crippen molar-refractivity contribution in [2.24, 2.45) is 0 Å². The van der Waals surface area contributed by atoms with Crippen molar-refractivity contribution in [1.82, 2.24) is 0 Å². The molecule has 0 aromatic heterocycles. The van der Waals surface area contributed by atoms with E-state index in [1.165, 1.54) is 6.07 Å². The fourth-order valence-corrected chi connectivity index (χ4v) is 1.97. The van der Waals surface area contributed by atoms with Crippen molar-refractivity contribution >= 4 is 5.69 Å². The van der Waals surface area contributed by atoms with Gasteiger partial charge in [-0.25, -0.2) is 4.39 Å². The Labute approximate surface area is 94.1 Å². The van der Waals surface area contributed by atoms with Gasteiger partial charge in [-0.1, -0.05) is 6.07 Å². The Balaban J connectivity index is 2.32. The Morgan fingerprint density at radius 2 is 2.06 bits per heavy atom. The molecule has 1 aromatic rings. The summed E-state index contributed by atoms with van der Waals surface area (Å²) in [5.41, 5.74) is 1.03. The molecular formula is C12H16FNO2. The average molecular weight is 225 g/mol. The minimum atomic E-state index is -0.386. The average Bonchev–Trinajstić information content (AvgIpc) is 3.09. The van der Waals surface area contributed by atoms with Crippen LogP contribution in [0.15, 0.2) is 18.2 Å². The van der Waals surface area contributed by atoms with E-state index in [9.17, 15) is 9.50 Å². The summed E-state index contributed by atoms with van der Waals surface area (Å²) >= 11 is 0. The van der Waals surface area contributed by atoms with Crippen LogP contribution in [0.1, 0.15) is 18.4 Å². The normalized spacial score (nSPS) is 15.2. The lowest BCUT2D eigenvalue weighted by atomic mass is 10.1. The first-order valence-corrected chi connectivity index (χ1v) is 5.53. The topological polar surface area (TPSA) is 43.7 Å². The zero-order chi connectivity index (χ0) is 11.5. The first-order chi connectivity index (χ1) is 7.77. The summed E-state index contributed by atoms with van der Waals surface area (Å²) in [7, 11) is 0. The zero-order valence-electron chi connectivity index (χ0n) is 9.06. The summed E-state index contributed by atoms with van der Waals surface area (Å²) in [5, 5.41) is 18.2. The Morgan fingerprint density at radius 3 is 2.62 bits per heavy atom. The van der Waals surface area contributed by atoms with Crippen LogP contribution in [0.25, 0.3) is 0 Å². The molecule has 0 spiro atoms. The van der Waals surface area contributed by atoms with E-state index >= 15 is 0 Å². The van der Waals surface area contributed by atoms with Crippen molar-refractivity contribution in [3.63, 3.8) is 0 Å². The molecule has 88 valence electrons. The predicted molar refractivity (Wildman–Crippen MR) is 59.8 cm³/mol. The third-order valence-electron chi connectivity index (χ3n) is 2.89. The zero-order valence-corrected chi connectivity index (χ0v) is 9.06. The highest BCUT2D eigenvalue weighted by Crippen LogP contribution is 2.34. The van der Waals surface area contributed by atoms with Crippen LogP contribution in [-0.2, 0) is 6.61 Å². The Morgan fingerprint density at radius 1 is 1.31 bits per heavy atom. The van der Waals surface area contributed by atoms with Gasteiger partial charge in [0.2, 0.25) is 0 Å². The Hall–Kier alpha value is -1.13. The van der Waals surface area contributed by atoms with Crippen LogP contribution in [-0.4, -0.2) is 29.4 Å². The van der Waals surface area contributed by atoms with Crippen LogP contribution in [0.3, 0.4) is 0 Å². The fourth-order valence-electron chi connectivity index (χ4n) is 1.97. The van der Waals surface area contributed by atoms with E-state index in [4.69, 9.17) is 5.11 Å². The molecule has 0 amide bonds. The summed E-state index contributed by atoms with van der Waals surface area (Å²) in [6, 6.07) is 5.16. The van der Waals surface area contributed by atoms with E-state index in [1.807, 2.05) is 4.90 Å². The summed E-state index contributed by atoms with van der Waals surface area (Å²) in [6.45, 7) is 0.218. The molecule has 4 heteroatoms. The molecule has 0 radical (unpaired) electrons. The van der Waals surface area contributed by atoms with Gasteiger partial charge in [-0.2, -0.15) is 0 Å². The lowest BCUT2D eigenvalue weighted by Crippen LogP contribution is -2.30. The highest BCUT2D eigenvalue weighted by Gasteiger charge is 2.30. The molecule has 0 heterocycles. The number of benzene rings is 1. The molecule has 1 fully saturated rings. The van der Waals surface area contributed by atoms with Crippen LogP contribution in [0, 0.1) is 5.82 Å². The van der Waals surface area contributed by atoms with Gasteiger partial charge in [0.25, 0.3) is 0 Å². The summed E-state index contributed by atoms with van der Waals surface area (Å²) in [6.07, 6.45) is 2.14. The summed E-state index contributed by atoms with van der Waals surface area (Å²) in [4.78, 5) is 1.98. The van der Waals surface area contributed by atoms with Crippen molar-refractivity contribution in [2.75, 3.05) is 18.1 Å². The molecular weight excluding hydrogens is 209 g/mol. The standard InChI is InChI=1S/C12H16FNO2/c13-11-2-1-3-12(10(11)8-16)14(6-7-15)9-4-5-9/h1-3,9,15-16H,4-8H2. The van der Waals surface area contributed by atoms with E-state index in [1.54, 1.807) is 12.1 Å². The minimum absolute atomic E-state index is 0.0396. The third-order valence-corrected chi connectivity index (χ3v) is 2.89. The van der Waals surface area contributed by atoms with Gasteiger partial charge in [0, 0.05) is 23.8 Å². The monoisotopic (exact) mass is 225 g/mol. The summed E-state index contributed by atoms with van der Waals surface area (Å²) < 4.78 is 13.5. The number of aliphatic hydroxyl groups is 2. The number of hydrogen-bond donors (Lipinski definition) is 2. The van der Waals surface area contributed by atoms with E-state index in [0.717, 1.165) is 12.8 Å². The number of rotatable bonds is 5. The maximum atomic E-state index is 13.5. The molecule has 1 saturated carbocycles. The highest BCUT2D eigenvalue weighted by atomic mass is 19.1. The van der Waals surface area contributed by atoms with Crippen molar-refractivity contribution < 1.29 is 14.6 Å². The third kappa shape index (κ3) is 2.18. The maximum Gasteiger partial charge on any atom is 0.130 e. The van der Waals surface area contributed by atoms with Gasteiger partial charge < -0.3 is 15.1 Å². The first-order valence-electron chi connectivity index (χ1n) is 5.53. The van der Waals surface area contributed by atoms with E-state index in [-0.39, 0.29) is 19.0 Å². The van der Waals surface area contributed by atoms with Crippen LogP contribution in [0.2, 0.25) is 0 Å². The molecule has 1 aliphatic carbocycles. The number of aliphatic hydroxyl groups excluding tert-OH is 2. The molecule has 0 bridgehead atoms. The number of halogens is 1. The lowest BCUT2D eigenvalue weighted by molar-refractivity contribution is 0.274. The number of anilines is 1. The van der Waals surface area contributed by atoms with Crippen molar-refractivity contribution in [1.29, 1.82) is 0 Å². The molecule has 1 aromatic carbocycles. The largest absolute Gasteiger partial charge is 0.395 e. The molecule has 3 nitrogen and oxygen atoms in total. The Bertz CT molecular complexity index is 366. The van der Waals surface area contributed by atoms with Crippen LogP contribution in [0.4, 0.5) is 10.1 Å². The van der Waals surface area contributed by atoms with E-state index < -0.39 is 0 Å². The molecule has 2 N–H and O–H groups in total. The van der Waals surface area contributed by atoms with Crippen LogP contribution in [0.5, 0.6) is 0 Å². The van der Waals surface area contributed by atoms with Gasteiger partial charge >= 0.3 is 0 Å². The molecule has 2 rings (SSSR count). The molecule has 0 aliphatic heterocycles. The van der Waals surface area contributed by atoms with Crippen LogP contribution >= 0.6 is 0 Å². The predicted octanol–water partition coefficient (Wildman–Crippen LogP) is 1.28. The second-order valence-electron chi connectivity index (χ2n) is 4.04. The second-order valence-corrected chi connectivity index (χ2v) is 4.04. The number of nitrogens with zero attached hydrogens (tertiary/aromatic N) is 1. The molecule has 0 atom stereocenters. The quantitative estimate of drug-likeness (QED) is 0.793. The summed E-state index contributed by atoms with van der Waals surface area (Å²) in [5.74, 6) is -0.386. The SMILES string of the molecule is OCCN(c1cccc(F)c1CO)C1CC1. The highest BCUT2D eigenvalue weighted by molar-refractivity contribution is 5.55. The molecule has 0 saturated heterocycles. The Kier molecular flexibility index (Phi) is 3.41. The van der Waals surface area contributed by atoms with E-state index in [0.29, 0.717) is 23.8 Å². The van der Waals surface area contributed by atoms with Crippen molar-refractivity contribution in [3.8, 4) is 0 Å². The first kappa shape index (κ1) is 11.4. The smallest absolute Gasteiger partial charge is 0.130 e. The van der Waals surface area contributed by atoms with E-state index in [2.05, 4.69) is 0 Å². The van der Waals surface area contributed by atoms with Gasteiger partial charge in [-0.3, -0.25) is 0 Å². The maximum absolute atomic E-state index is 13.5. The van der Waals surface area contributed by atoms with Crippen molar-refractivity contribution in [3.05, 3.63) is 29.6 Å². The molecule has 0 unspecified atom stereocenters. The minimum Gasteiger partial charge on any atom is -0.395 e. The van der Waals surface area contributed by atoms with Crippen molar-refractivity contribution in [2.45, 2.75) is 25.5 Å². The van der Waals surface area contributed by atoms with Gasteiger partial charge in [-0.05, 0) is 25.0 Å².